The SMILES string of the molecule is CCCCNC(=O)[C@@H](C)N(Cc1ccccc1F)C(=O)CN(c1ccccc1C)S(C)(=O)=O. The molecule has 0 aliphatic rings. The zero-order valence-electron chi connectivity index (χ0n) is 19.5. The summed E-state index contributed by atoms with van der Waals surface area (Å²) in [5, 5.41) is 2.79. The lowest BCUT2D eigenvalue weighted by Gasteiger charge is -2.32. The van der Waals surface area contributed by atoms with E-state index in [4.69, 9.17) is 0 Å². The van der Waals surface area contributed by atoms with Crippen LogP contribution in [0.1, 0.15) is 37.8 Å². The lowest BCUT2D eigenvalue weighted by Crippen LogP contribution is -2.51. The van der Waals surface area contributed by atoms with Gasteiger partial charge in [-0.25, -0.2) is 12.8 Å². The number of nitrogens with zero attached hydrogens (tertiary/aromatic N) is 2. The fraction of sp³-hybridized carbons (Fsp3) is 0.417. The number of rotatable bonds is 11. The van der Waals surface area contributed by atoms with Crippen LogP contribution in [0.3, 0.4) is 0 Å². The Hall–Kier alpha value is -2.94. The smallest absolute Gasteiger partial charge is 0.244 e. The molecule has 33 heavy (non-hydrogen) atoms. The van der Waals surface area contributed by atoms with Crippen molar-refractivity contribution in [1.82, 2.24) is 10.2 Å². The van der Waals surface area contributed by atoms with E-state index in [0.717, 1.165) is 23.4 Å². The van der Waals surface area contributed by atoms with Crippen LogP contribution in [-0.4, -0.2) is 50.5 Å². The van der Waals surface area contributed by atoms with Crippen molar-refractivity contribution < 1.29 is 22.4 Å². The molecule has 0 radical (unpaired) electrons. The van der Waals surface area contributed by atoms with Crippen LogP contribution < -0.4 is 9.62 Å². The standard InChI is InChI=1S/C24H32FN3O4S/c1-5-6-15-26-24(30)19(3)27(16-20-12-8-9-13-21(20)25)23(29)17-28(33(4,31)32)22-14-10-7-11-18(22)2/h7-14,19H,5-6,15-17H2,1-4H3,(H,26,30)/t19-/m1/s1. The number of sulfonamides is 1. The van der Waals surface area contributed by atoms with Gasteiger partial charge in [-0.05, 0) is 38.0 Å². The van der Waals surface area contributed by atoms with Crippen molar-refractivity contribution in [2.75, 3.05) is 23.7 Å². The number of para-hydroxylation sites is 1. The van der Waals surface area contributed by atoms with Gasteiger partial charge in [0.25, 0.3) is 0 Å². The summed E-state index contributed by atoms with van der Waals surface area (Å²) in [5.74, 6) is -1.49. The lowest BCUT2D eigenvalue weighted by atomic mass is 10.1. The van der Waals surface area contributed by atoms with Gasteiger partial charge < -0.3 is 10.2 Å². The van der Waals surface area contributed by atoms with Gasteiger partial charge in [-0.2, -0.15) is 0 Å². The summed E-state index contributed by atoms with van der Waals surface area (Å²) in [5.41, 5.74) is 1.29. The zero-order chi connectivity index (χ0) is 24.6. The Labute approximate surface area is 195 Å². The number of carbonyl (C=O) groups excluding carboxylic acids is 2. The predicted octanol–water partition coefficient (Wildman–Crippen LogP) is 3.23. The molecule has 180 valence electrons. The van der Waals surface area contributed by atoms with Gasteiger partial charge in [0.05, 0.1) is 11.9 Å². The molecule has 1 N–H and O–H groups in total. The molecule has 0 saturated carbocycles. The Kier molecular flexibility index (Phi) is 9.40. The van der Waals surface area contributed by atoms with Crippen molar-refractivity contribution >= 4 is 27.5 Å². The van der Waals surface area contributed by atoms with Crippen LogP contribution in [0.2, 0.25) is 0 Å². The third kappa shape index (κ3) is 7.28. The predicted molar refractivity (Wildman–Crippen MR) is 128 cm³/mol. The molecule has 0 aliphatic heterocycles. The van der Waals surface area contributed by atoms with Gasteiger partial charge >= 0.3 is 0 Å². The number of unbranched alkanes of at least 4 members (excludes halogenated alkanes) is 1. The summed E-state index contributed by atoms with van der Waals surface area (Å²) >= 11 is 0. The number of carbonyl (C=O) groups is 2. The maximum absolute atomic E-state index is 14.4. The first-order valence-electron chi connectivity index (χ1n) is 10.9. The third-order valence-corrected chi connectivity index (χ3v) is 6.49. The van der Waals surface area contributed by atoms with Crippen LogP contribution in [0.25, 0.3) is 0 Å². The number of hydrogen-bond acceptors (Lipinski definition) is 4. The molecular formula is C24H32FN3O4S. The number of nitrogens with one attached hydrogen (secondary N) is 1. The molecule has 0 fully saturated rings. The molecule has 1 atom stereocenters. The third-order valence-electron chi connectivity index (χ3n) is 5.36. The van der Waals surface area contributed by atoms with Crippen LogP contribution in [-0.2, 0) is 26.2 Å². The van der Waals surface area contributed by atoms with Gasteiger partial charge in [0.1, 0.15) is 18.4 Å². The first kappa shape index (κ1) is 26.3. The molecular weight excluding hydrogens is 445 g/mol. The molecule has 2 aromatic rings. The molecule has 2 aromatic carbocycles. The van der Waals surface area contributed by atoms with E-state index in [2.05, 4.69) is 5.32 Å². The highest BCUT2D eigenvalue weighted by molar-refractivity contribution is 7.92. The Bertz CT molecular complexity index is 1070. The van der Waals surface area contributed by atoms with Gasteiger partial charge in [0.2, 0.25) is 21.8 Å². The van der Waals surface area contributed by atoms with Crippen LogP contribution in [0.4, 0.5) is 10.1 Å². The Morgan fingerprint density at radius 2 is 1.73 bits per heavy atom. The molecule has 0 heterocycles. The monoisotopic (exact) mass is 477 g/mol. The summed E-state index contributed by atoms with van der Waals surface area (Å²) in [6, 6.07) is 11.9. The van der Waals surface area contributed by atoms with Crippen LogP contribution >= 0.6 is 0 Å². The molecule has 2 rings (SSSR count). The summed E-state index contributed by atoms with van der Waals surface area (Å²) in [4.78, 5) is 27.3. The Morgan fingerprint density at radius 1 is 1.09 bits per heavy atom. The summed E-state index contributed by atoms with van der Waals surface area (Å²) in [6.45, 7) is 5.08. The largest absolute Gasteiger partial charge is 0.354 e. The molecule has 9 heteroatoms. The minimum Gasteiger partial charge on any atom is -0.354 e. The fourth-order valence-corrected chi connectivity index (χ4v) is 4.27. The molecule has 0 aliphatic carbocycles. The van der Waals surface area contributed by atoms with Crippen molar-refractivity contribution in [2.45, 2.75) is 46.2 Å². The Balaban J connectivity index is 2.37. The van der Waals surface area contributed by atoms with E-state index in [1.54, 1.807) is 44.2 Å². The number of benzene rings is 2. The highest BCUT2D eigenvalue weighted by Crippen LogP contribution is 2.23. The highest BCUT2D eigenvalue weighted by atomic mass is 32.2. The Morgan fingerprint density at radius 3 is 2.33 bits per heavy atom. The second-order valence-corrected chi connectivity index (χ2v) is 9.90. The molecule has 0 spiro atoms. The van der Waals surface area contributed by atoms with E-state index in [9.17, 15) is 22.4 Å². The molecule has 0 unspecified atom stereocenters. The first-order valence-corrected chi connectivity index (χ1v) is 12.7. The zero-order valence-corrected chi connectivity index (χ0v) is 20.4. The second kappa shape index (κ2) is 11.8. The summed E-state index contributed by atoms with van der Waals surface area (Å²) in [6.07, 6.45) is 2.70. The van der Waals surface area contributed by atoms with Crippen molar-refractivity contribution in [3.8, 4) is 0 Å². The maximum Gasteiger partial charge on any atom is 0.244 e. The van der Waals surface area contributed by atoms with Crippen molar-refractivity contribution in [2.24, 2.45) is 0 Å². The topological polar surface area (TPSA) is 86.8 Å². The van der Waals surface area contributed by atoms with Crippen LogP contribution in [0, 0.1) is 12.7 Å². The average molecular weight is 478 g/mol. The molecule has 2 amide bonds. The van der Waals surface area contributed by atoms with E-state index in [-0.39, 0.29) is 18.0 Å². The van der Waals surface area contributed by atoms with Crippen molar-refractivity contribution in [3.05, 3.63) is 65.5 Å². The summed E-state index contributed by atoms with van der Waals surface area (Å²) in [7, 11) is -3.80. The lowest BCUT2D eigenvalue weighted by molar-refractivity contribution is -0.139. The van der Waals surface area contributed by atoms with Gasteiger partial charge in [0, 0.05) is 18.7 Å². The molecule has 0 saturated heterocycles. The van der Waals surface area contributed by atoms with E-state index < -0.39 is 34.3 Å². The van der Waals surface area contributed by atoms with E-state index in [1.165, 1.54) is 23.1 Å². The van der Waals surface area contributed by atoms with Gasteiger partial charge in [-0.1, -0.05) is 49.7 Å². The van der Waals surface area contributed by atoms with E-state index in [1.807, 2.05) is 6.92 Å². The van der Waals surface area contributed by atoms with Crippen molar-refractivity contribution in [1.29, 1.82) is 0 Å². The molecule has 0 aromatic heterocycles. The quantitative estimate of drug-likeness (QED) is 0.504. The number of anilines is 1. The minimum absolute atomic E-state index is 0.167. The van der Waals surface area contributed by atoms with Crippen molar-refractivity contribution in [3.63, 3.8) is 0 Å². The number of aryl methyl sites for hydroxylation is 1. The van der Waals surface area contributed by atoms with Crippen LogP contribution in [0.5, 0.6) is 0 Å². The number of amides is 2. The average Bonchev–Trinajstić information content (AvgIpc) is 2.76. The van der Waals surface area contributed by atoms with E-state index >= 15 is 0 Å². The highest BCUT2D eigenvalue weighted by Gasteiger charge is 2.30. The number of hydrogen-bond donors (Lipinski definition) is 1. The van der Waals surface area contributed by atoms with E-state index in [0.29, 0.717) is 17.8 Å². The van der Waals surface area contributed by atoms with Crippen LogP contribution in [0.15, 0.2) is 48.5 Å². The van der Waals surface area contributed by atoms with Gasteiger partial charge in [0.15, 0.2) is 0 Å². The second-order valence-electron chi connectivity index (χ2n) is 7.99. The van der Waals surface area contributed by atoms with Gasteiger partial charge in [-0.3, -0.25) is 13.9 Å². The molecule has 7 nitrogen and oxygen atoms in total. The maximum atomic E-state index is 14.4. The molecule has 0 bridgehead atoms. The first-order chi connectivity index (χ1) is 15.6. The van der Waals surface area contributed by atoms with Gasteiger partial charge in [-0.15, -0.1) is 0 Å². The number of halogens is 1. The normalized spacial score (nSPS) is 12.2. The fourth-order valence-electron chi connectivity index (χ4n) is 3.37. The summed E-state index contributed by atoms with van der Waals surface area (Å²) < 4.78 is 40.5. The minimum atomic E-state index is -3.80.